The molecular formula is C21H26ClN3O2. The third kappa shape index (κ3) is 6.70. The fourth-order valence-corrected chi connectivity index (χ4v) is 2.80. The summed E-state index contributed by atoms with van der Waals surface area (Å²) in [4.78, 5) is 28.0. The van der Waals surface area contributed by atoms with Crippen molar-refractivity contribution in [3.63, 3.8) is 0 Å². The van der Waals surface area contributed by atoms with Gasteiger partial charge in [-0.15, -0.1) is 0 Å². The molecule has 2 aromatic carbocycles. The zero-order chi connectivity index (χ0) is 20.0. The van der Waals surface area contributed by atoms with E-state index in [0.717, 1.165) is 22.4 Å². The van der Waals surface area contributed by atoms with Crippen molar-refractivity contribution in [3.05, 3.63) is 64.2 Å². The Labute approximate surface area is 165 Å². The summed E-state index contributed by atoms with van der Waals surface area (Å²) in [5.41, 5.74) is 3.92. The lowest BCUT2D eigenvalue weighted by Gasteiger charge is -2.22. The lowest BCUT2D eigenvalue weighted by Crippen LogP contribution is -2.40. The first-order chi connectivity index (χ1) is 12.7. The number of likely N-dealkylation sites (N-methyl/N-ethyl adjacent to an activating group) is 2. The van der Waals surface area contributed by atoms with Gasteiger partial charge in [0.2, 0.25) is 11.8 Å². The highest BCUT2D eigenvalue weighted by Crippen LogP contribution is 2.16. The molecule has 0 saturated carbocycles. The van der Waals surface area contributed by atoms with Gasteiger partial charge in [-0.2, -0.15) is 0 Å². The SMILES string of the molecule is Cc1ccc(C)c(NC(=O)CN(C)C(=O)CN(C)Cc2ccc(Cl)cc2)c1. The Hall–Kier alpha value is -2.37. The van der Waals surface area contributed by atoms with Crippen molar-refractivity contribution >= 4 is 29.1 Å². The minimum absolute atomic E-state index is 0.0149. The second-order valence-electron chi connectivity index (χ2n) is 6.92. The van der Waals surface area contributed by atoms with Gasteiger partial charge >= 0.3 is 0 Å². The first kappa shape index (κ1) is 20.9. The van der Waals surface area contributed by atoms with E-state index in [2.05, 4.69) is 5.32 Å². The summed E-state index contributed by atoms with van der Waals surface area (Å²) in [7, 11) is 3.51. The molecule has 0 bridgehead atoms. The van der Waals surface area contributed by atoms with E-state index in [1.165, 1.54) is 4.90 Å². The van der Waals surface area contributed by atoms with Gasteiger partial charge in [0.05, 0.1) is 13.1 Å². The number of carbonyl (C=O) groups is 2. The van der Waals surface area contributed by atoms with Crippen LogP contribution in [0.5, 0.6) is 0 Å². The van der Waals surface area contributed by atoms with Crippen molar-refractivity contribution in [2.24, 2.45) is 0 Å². The van der Waals surface area contributed by atoms with Crippen LogP contribution in [0.15, 0.2) is 42.5 Å². The second kappa shape index (κ2) is 9.53. The number of amides is 2. The molecule has 0 fully saturated rings. The van der Waals surface area contributed by atoms with Gasteiger partial charge in [-0.25, -0.2) is 0 Å². The van der Waals surface area contributed by atoms with E-state index >= 15 is 0 Å². The van der Waals surface area contributed by atoms with Crippen LogP contribution in [0.1, 0.15) is 16.7 Å². The molecule has 27 heavy (non-hydrogen) atoms. The summed E-state index contributed by atoms with van der Waals surface area (Å²) in [5, 5.41) is 3.56. The molecule has 144 valence electrons. The molecule has 1 N–H and O–H groups in total. The van der Waals surface area contributed by atoms with Crippen molar-refractivity contribution < 1.29 is 9.59 Å². The van der Waals surface area contributed by atoms with Crippen molar-refractivity contribution in [1.29, 1.82) is 0 Å². The molecule has 0 saturated heterocycles. The van der Waals surface area contributed by atoms with Crippen molar-refractivity contribution in [3.8, 4) is 0 Å². The molecule has 0 heterocycles. The number of benzene rings is 2. The molecule has 0 aliphatic carbocycles. The molecule has 2 aromatic rings. The monoisotopic (exact) mass is 387 g/mol. The molecule has 0 radical (unpaired) electrons. The van der Waals surface area contributed by atoms with E-state index in [1.807, 2.05) is 68.3 Å². The molecule has 0 atom stereocenters. The van der Waals surface area contributed by atoms with Crippen LogP contribution >= 0.6 is 11.6 Å². The molecule has 0 spiro atoms. The Morgan fingerprint density at radius 3 is 2.33 bits per heavy atom. The average Bonchev–Trinajstić information content (AvgIpc) is 2.60. The summed E-state index contributed by atoms with van der Waals surface area (Å²) in [5.74, 6) is -0.317. The van der Waals surface area contributed by atoms with Crippen LogP contribution in [0.3, 0.4) is 0 Å². The first-order valence-electron chi connectivity index (χ1n) is 8.78. The van der Waals surface area contributed by atoms with Crippen molar-refractivity contribution in [2.75, 3.05) is 32.5 Å². The maximum atomic E-state index is 12.4. The Balaban J connectivity index is 1.84. The Morgan fingerprint density at radius 2 is 1.67 bits per heavy atom. The van der Waals surface area contributed by atoms with Crippen molar-refractivity contribution in [2.45, 2.75) is 20.4 Å². The maximum absolute atomic E-state index is 12.4. The van der Waals surface area contributed by atoms with Gasteiger partial charge in [-0.1, -0.05) is 35.9 Å². The quantitative estimate of drug-likeness (QED) is 0.791. The molecule has 2 rings (SSSR count). The molecule has 0 unspecified atom stereocenters. The number of hydrogen-bond donors (Lipinski definition) is 1. The summed E-state index contributed by atoms with van der Waals surface area (Å²) < 4.78 is 0. The normalized spacial score (nSPS) is 10.7. The Morgan fingerprint density at radius 1 is 1.00 bits per heavy atom. The molecule has 0 aliphatic rings. The average molecular weight is 388 g/mol. The zero-order valence-electron chi connectivity index (χ0n) is 16.3. The minimum atomic E-state index is -0.208. The smallest absolute Gasteiger partial charge is 0.243 e. The molecule has 6 heteroatoms. The first-order valence-corrected chi connectivity index (χ1v) is 9.16. The van der Waals surface area contributed by atoms with Crippen molar-refractivity contribution in [1.82, 2.24) is 9.80 Å². The van der Waals surface area contributed by atoms with E-state index in [-0.39, 0.29) is 24.9 Å². The van der Waals surface area contributed by atoms with Gasteiger partial charge < -0.3 is 10.2 Å². The highest BCUT2D eigenvalue weighted by molar-refractivity contribution is 6.30. The third-order valence-corrected chi connectivity index (χ3v) is 4.50. The fourth-order valence-electron chi connectivity index (χ4n) is 2.67. The van der Waals surface area contributed by atoms with Gasteiger partial charge in [-0.3, -0.25) is 14.5 Å². The standard InChI is InChI=1S/C21H26ClN3O2/c1-15-5-6-16(2)19(11-15)23-20(26)13-25(4)21(27)14-24(3)12-17-7-9-18(22)10-8-17/h5-11H,12-14H2,1-4H3,(H,23,26). The highest BCUT2D eigenvalue weighted by atomic mass is 35.5. The van der Waals surface area contributed by atoms with E-state index in [4.69, 9.17) is 11.6 Å². The van der Waals surface area contributed by atoms with E-state index in [0.29, 0.717) is 11.6 Å². The number of nitrogens with one attached hydrogen (secondary N) is 1. The fraction of sp³-hybridized carbons (Fsp3) is 0.333. The maximum Gasteiger partial charge on any atom is 0.243 e. The number of anilines is 1. The number of carbonyl (C=O) groups excluding carboxylic acids is 2. The summed E-state index contributed by atoms with van der Waals surface area (Å²) >= 11 is 5.89. The Kier molecular flexibility index (Phi) is 7.39. The molecule has 0 aromatic heterocycles. The predicted molar refractivity (Wildman–Crippen MR) is 110 cm³/mol. The van der Waals surface area contributed by atoms with Crippen LogP contribution in [0.25, 0.3) is 0 Å². The van der Waals surface area contributed by atoms with Crippen LogP contribution in [0, 0.1) is 13.8 Å². The van der Waals surface area contributed by atoms with Gasteiger partial charge in [-0.05, 0) is 55.8 Å². The summed E-state index contributed by atoms with van der Waals surface area (Å²) in [6.45, 7) is 4.79. The number of halogens is 1. The third-order valence-electron chi connectivity index (χ3n) is 4.24. The molecule has 2 amide bonds. The van der Waals surface area contributed by atoms with Crippen LogP contribution < -0.4 is 5.32 Å². The highest BCUT2D eigenvalue weighted by Gasteiger charge is 2.15. The van der Waals surface area contributed by atoms with E-state index < -0.39 is 0 Å². The van der Waals surface area contributed by atoms with Gasteiger partial charge in [0.1, 0.15) is 0 Å². The summed E-state index contributed by atoms with van der Waals surface area (Å²) in [6.07, 6.45) is 0. The number of aryl methyl sites for hydroxylation is 2. The summed E-state index contributed by atoms with van der Waals surface area (Å²) in [6, 6.07) is 13.4. The van der Waals surface area contributed by atoms with E-state index in [1.54, 1.807) is 7.05 Å². The van der Waals surface area contributed by atoms with Crippen LogP contribution in [0.4, 0.5) is 5.69 Å². The van der Waals surface area contributed by atoms with Gasteiger partial charge in [0.25, 0.3) is 0 Å². The minimum Gasteiger partial charge on any atom is -0.335 e. The topological polar surface area (TPSA) is 52.7 Å². The van der Waals surface area contributed by atoms with E-state index in [9.17, 15) is 9.59 Å². The lowest BCUT2D eigenvalue weighted by molar-refractivity contribution is -0.134. The van der Waals surface area contributed by atoms with Crippen LogP contribution in [-0.4, -0.2) is 48.8 Å². The Bertz CT molecular complexity index is 806. The van der Waals surface area contributed by atoms with Crippen LogP contribution in [-0.2, 0) is 16.1 Å². The second-order valence-corrected chi connectivity index (χ2v) is 7.35. The zero-order valence-corrected chi connectivity index (χ0v) is 17.0. The lowest BCUT2D eigenvalue weighted by atomic mass is 10.1. The predicted octanol–water partition coefficient (Wildman–Crippen LogP) is 3.49. The number of hydrogen-bond acceptors (Lipinski definition) is 3. The molecule has 5 nitrogen and oxygen atoms in total. The van der Waals surface area contributed by atoms with Crippen LogP contribution in [0.2, 0.25) is 5.02 Å². The molecule has 0 aliphatic heterocycles. The number of nitrogens with zero attached hydrogens (tertiary/aromatic N) is 2. The number of rotatable bonds is 7. The van der Waals surface area contributed by atoms with Gasteiger partial charge in [0, 0.05) is 24.3 Å². The van der Waals surface area contributed by atoms with Gasteiger partial charge in [0.15, 0.2) is 0 Å². The largest absolute Gasteiger partial charge is 0.335 e. The molecular weight excluding hydrogens is 362 g/mol.